The SMILES string of the molecule is COC(=O)NC(C(=O)N1CCCC1c1ncc(-c2cc(F)c3c(c2)OC(c2ccc(CC(C)(C)OC)s2)n2c-3cc3cc(-c4cnc(C5CCCN5C(=O)C(NC(=O)OC)C5CCOC(C)(C)C5)[nH]4)ccc32)[nH]1)C(C)C. The molecule has 404 valence electrons. The van der Waals surface area contributed by atoms with Crippen LogP contribution in [0.4, 0.5) is 14.0 Å². The van der Waals surface area contributed by atoms with E-state index in [1.807, 2.05) is 70.7 Å². The lowest BCUT2D eigenvalue weighted by Crippen LogP contribution is -2.54. The van der Waals surface area contributed by atoms with Gasteiger partial charge in [0.15, 0.2) is 0 Å². The standard InChI is InChI=1S/C56H68FN9O9S/c1-30(2)46(62-53(69)71-7)50(67)64-19-10-12-40(64)49-59-29-38(61-49)33-23-36(57)45-42-24-34-22-31(14-16-39(34)66(42)52(75-43(45)25-33)44-17-15-35(76-44)27-55(3,4)73-9)37-28-58-48(60-37)41-13-11-20-65(41)51(68)47(63-54(70)72-8)32-18-21-74-56(5,6)26-32/h14-17,22-25,28-30,32,40-41,46-47,52H,10-13,18-21,26-27H2,1-9H3,(H,58,60)(H,59,61)(H,62,69)(H,63,70). The number of fused-ring (bicyclic) bond motifs is 5. The molecular weight excluding hydrogens is 994 g/mol. The van der Waals surface area contributed by atoms with Crippen LogP contribution >= 0.6 is 11.3 Å². The molecule has 4 amide bonds. The average molecular weight is 1060 g/mol. The summed E-state index contributed by atoms with van der Waals surface area (Å²) < 4.78 is 47.6. The lowest BCUT2D eigenvalue weighted by atomic mass is 9.82. The molecule has 0 bridgehead atoms. The number of alkyl carbamates (subject to hydrolysis) is 2. The molecule has 3 saturated heterocycles. The highest BCUT2D eigenvalue weighted by molar-refractivity contribution is 7.12. The van der Waals surface area contributed by atoms with E-state index in [2.05, 4.69) is 43.4 Å². The highest BCUT2D eigenvalue weighted by Gasteiger charge is 2.44. The fourth-order valence-corrected chi connectivity index (χ4v) is 12.8. The lowest BCUT2D eigenvalue weighted by Gasteiger charge is -2.40. The molecule has 6 unspecified atom stereocenters. The van der Waals surface area contributed by atoms with E-state index in [0.717, 1.165) is 44.8 Å². The van der Waals surface area contributed by atoms with Crippen LogP contribution in [0.25, 0.3) is 44.7 Å². The number of hydrogen-bond donors (Lipinski definition) is 4. The summed E-state index contributed by atoms with van der Waals surface area (Å²) in [5.74, 6) is 0.382. The Bertz CT molecular complexity index is 3160. The van der Waals surface area contributed by atoms with E-state index in [1.165, 1.54) is 20.3 Å². The van der Waals surface area contributed by atoms with Crippen molar-refractivity contribution < 1.29 is 47.3 Å². The molecule has 0 saturated carbocycles. The number of carbonyl (C=O) groups excluding carboxylic acids is 4. The number of halogens is 1. The molecule has 76 heavy (non-hydrogen) atoms. The van der Waals surface area contributed by atoms with E-state index in [1.54, 1.807) is 35.7 Å². The van der Waals surface area contributed by atoms with Gasteiger partial charge in [-0.3, -0.25) is 14.2 Å². The zero-order valence-corrected chi connectivity index (χ0v) is 45.4. The molecule has 2 aromatic carbocycles. The third-order valence-corrected chi connectivity index (χ3v) is 16.7. The topological polar surface area (TPSA) is 207 Å². The number of likely N-dealkylation sites (tertiary alicyclic amines) is 2. The number of carbonyl (C=O) groups is 4. The van der Waals surface area contributed by atoms with Crippen molar-refractivity contribution >= 4 is 46.2 Å². The zero-order valence-electron chi connectivity index (χ0n) is 44.6. The number of aromatic amines is 2. The minimum atomic E-state index is -0.783. The number of amides is 4. The van der Waals surface area contributed by atoms with Crippen LogP contribution in [0.2, 0.25) is 0 Å². The van der Waals surface area contributed by atoms with Crippen molar-refractivity contribution in [3.8, 4) is 39.5 Å². The first kappa shape index (κ1) is 52.7. The van der Waals surface area contributed by atoms with Crippen LogP contribution in [0.5, 0.6) is 5.75 Å². The molecular formula is C56H68FN9O9S. The largest absolute Gasteiger partial charge is 0.464 e. The normalized spacial score (nSPS) is 21.0. The molecule has 0 aliphatic carbocycles. The minimum Gasteiger partial charge on any atom is -0.464 e. The summed E-state index contributed by atoms with van der Waals surface area (Å²) >= 11 is 1.62. The Morgan fingerprint density at radius 1 is 0.855 bits per heavy atom. The van der Waals surface area contributed by atoms with E-state index >= 15 is 4.39 Å². The maximum atomic E-state index is 17.1. The number of methoxy groups -OCH3 is 3. The Labute approximate surface area is 445 Å². The Hall–Kier alpha value is -6.77. The number of hydrogen-bond acceptors (Lipinski definition) is 12. The summed E-state index contributed by atoms with van der Waals surface area (Å²) in [6.07, 6.45) is 6.27. The zero-order chi connectivity index (χ0) is 53.8. The van der Waals surface area contributed by atoms with Gasteiger partial charge in [-0.05, 0) is 121 Å². The highest BCUT2D eigenvalue weighted by Crippen LogP contribution is 2.49. The van der Waals surface area contributed by atoms with Gasteiger partial charge >= 0.3 is 12.2 Å². The van der Waals surface area contributed by atoms with Crippen LogP contribution in [-0.2, 0) is 35.0 Å². The number of aromatic nitrogens is 5. The third-order valence-electron chi connectivity index (χ3n) is 15.5. The predicted octanol–water partition coefficient (Wildman–Crippen LogP) is 9.83. The van der Waals surface area contributed by atoms with E-state index in [-0.39, 0.29) is 35.7 Å². The van der Waals surface area contributed by atoms with E-state index in [9.17, 15) is 19.2 Å². The molecule has 4 aliphatic rings. The number of benzene rings is 2. The van der Waals surface area contributed by atoms with Gasteiger partial charge in [-0.15, -0.1) is 11.3 Å². The van der Waals surface area contributed by atoms with Crippen molar-refractivity contribution in [2.45, 2.75) is 128 Å². The molecule has 0 radical (unpaired) electrons. The van der Waals surface area contributed by atoms with Gasteiger partial charge in [0.2, 0.25) is 18.0 Å². The second-order valence-electron chi connectivity index (χ2n) is 22.0. The van der Waals surface area contributed by atoms with Crippen LogP contribution in [0.3, 0.4) is 0 Å². The van der Waals surface area contributed by atoms with Gasteiger partial charge in [0.1, 0.15) is 35.3 Å². The molecule has 4 N–H and O–H groups in total. The molecule has 10 rings (SSSR count). The summed E-state index contributed by atoms with van der Waals surface area (Å²) in [6, 6.07) is 13.3. The Balaban J connectivity index is 0.965. The average Bonchev–Trinajstić information content (AvgIpc) is 4.30. The van der Waals surface area contributed by atoms with Gasteiger partial charge in [0, 0.05) is 54.6 Å². The molecule has 20 heteroatoms. The van der Waals surface area contributed by atoms with Gasteiger partial charge in [-0.25, -0.2) is 23.9 Å². The Kier molecular flexibility index (Phi) is 14.5. The summed E-state index contributed by atoms with van der Waals surface area (Å²) in [5, 5.41) is 6.41. The van der Waals surface area contributed by atoms with Crippen LogP contribution < -0.4 is 15.4 Å². The number of thiophene rings is 1. The summed E-state index contributed by atoms with van der Waals surface area (Å²) in [7, 11) is 4.27. The van der Waals surface area contributed by atoms with Crippen LogP contribution in [0.1, 0.15) is 120 Å². The molecule has 18 nitrogen and oxygen atoms in total. The van der Waals surface area contributed by atoms with Crippen LogP contribution in [-0.4, -0.2) is 123 Å². The predicted molar refractivity (Wildman–Crippen MR) is 284 cm³/mol. The molecule has 6 aromatic rings. The van der Waals surface area contributed by atoms with Gasteiger partial charge < -0.3 is 54.1 Å². The molecule has 8 heterocycles. The summed E-state index contributed by atoms with van der Waals surface area (Å²) in [5.41, 5.74) is 3.67. The maximum absolute atomic E-state index is 17.1. The maximum Gasteiger partial charge on any atom is 0.407 e. The number of nitrogens with zero attached hydrogens (tertiary/aromatic N) is 5. The van der Waals surface area contributed by atoms with Crippen molar-refractivity contribution in [1.82, 2.24) is 44.9 Å². The first-order valence-corrected chi connectivity index (χ1v) is 27.0. The number of rotatable bonds is 14. The Morgan fingerprint density at radius 2 is 1.51 bits per heavy atom. The van der Waals surface area contributed by atoms with Gasteiger partial charge in [0.05, 0.1) is 82.9 Å². The van der Waals surface area contributed by atoms with Crippen molar-refractivity contribution in [3.05, 3.63) is 88.1 Å². The minimum absolute atomic E-state index is 0.137. The van der Waals surface area contributed by atoms with Crippen molar-refractivity contribution in [1.29, 1.82) is 0 Å². The second-order valence-corrected chi connectivity index (χ2v) is 23.2. The quantitative estimate of drug-likeness (QED) is 0.0807. The smallest absolute Gasteiger partial charge is 0.407 e. The third kappa shape index (κ3) is 10.3. The molecule has 4 aliphatic heterocycles. The lowest BCUT2D eigenvalue weighted by molar-refractivity contribution is -0.139. The monoisotopic (exact) mass is 1060 g/mol. The first-order valence-electron chi connectivity index (χ1n) is 26.2. The van der Waals surface area contributed by atoms with E-state index < -0.39 is 47.5 Å². The van der Waals surface area contributed by atoms with E-state index in [0.29, 0.717) is 91.7 Å². The van der Waals surface area contributed by atoms with Crippen molar-refractivity contribution in [2.75, 3.05) is 41.0 Å². The first-order chi connectivity index (χ1) is 36.3. The molecule has 3 fully saturated rings. The van der Waals surface area contributed by atoms with Gasteiger partial charge in [-0.2, -0.15) is 0 Å². The molecule has 6 atom stereocenters. The van der Waals surface area contributed by atoms with Crippen molar-refractivity contribution in [3.63, 3.8) is 0 Å². The summed E-state index contributed by atoms with van der Waals surface area (Å²) in [4.78, 5) is 75.3. The van der Waals surface area contributed by atoms with Crippen molar-refractivity contribution in [2.24, 2.45) is 11.8 Å². The van der Waals surface area contributed by atoms with Crippen LogP contribution in [0, 0.1) is 17.7 Å². The number of nitrogens with one attached hydrogen (secondary N) is 4. The van der Waals surface area contributed by atoms with E-state index in [4.69, 9.17) is 33.7 Å². The van der Waals surface area contributed by atoms with Gasteiger partial charge in [-0.1, -0.05) is 19.9 Å². The number of ether oxygens (including phenoxy) is 5. The number of imidazole rings is 2. The Morgan fingerprint density at radius 3 is 2.16 bits per heavy atom. The second kappa shape index (κ2) is 21.0. The fraction of sp³-hybridized carbons (Fsp3) is 0.500. The summed E-state index contributed by atoms with van der Waals surface area (Å²) in [6.45, 7) is 13.4. The number of H-pyrrole nitrogens is 2. The van der Waals surface area contributed by atoms with Gasteiger partial charge in [0.25, 0.3) is 0 Å². The highest BCUT2D eigenvalue weighted by atomic mass is 32.1. The molecule has 0 spiro atoms. The van der Waals surface area contributed by atoms with Crippen LogP contribution in [0.15, 0.2) is 60.9 Å². The fourth-order valence-electron chi connectivity index (χ4n) is 11.5. The molecule has 4 aromatic heterocycles.